The van der Waals surface area contributed by atoms with Crippen LogP contribution in [0.3, 0.4) is 0 Å². The summed E-state index contributed by atoms with van der Waals surface area (Å²) in [5.74, 6) is 0.00985. The molecular weight excluding hydrogens is 313 g/mol. The lowest BCUT2D eigenvalue weighted by Crippen LogP contribution is -2.34. The SMILES string of the molecule is Cc1cc(COCC(=O)N2CCCN(C)c3ccc(F)cc32)on1. The number of carbonyl (C=O) groups is 1. The number of hydrogen-bond donors (Lipinski definition) is 0. The summed E-state index contributed by atoms with van der Waals surface area (Å²) in [7, 11) is 1.94. The van der Waals surface area contributed by atoms with Gasteiger partial charge in [0.25, 0.3) is 5.91 Å². The molecule has 7 heteroatoms. The van der Waals surface area contributed by atoms with Gasteiger partial charge in [0.15, 0.2) is 5.76 Å². The summed E-state index contributed by atoms with van der Waals surface area (Å²) in [6.07, 6.45) is 0.805. The predicted molar refractivity (Wildman–Crippen MR) is 87.5 cm³/mol. The molecule has 1 amide bonds. The lowest BCUT2D eigenvalue weighted by molar-refractivity contribution is -0.123. The molecule has 0 radical (unpaired) electrons. The first kappa shape index (κ1) is 16.4. The second-order valence-electron chi connectivity index (χ2n) is 5.88. The molecule has 0 N–H and O–H groups in total. The van der Waals surface area contributed by atoms with E-state index in [0.717, 1.165) is 24.3 Å². The van der Waals surface area contributed by atoms with Crippen LogP contribution in [0.2, 0.25) is 0 Å². The Bertz CT molecular complexity index is 732. The van der Waals surface area contributed by atoms with Gasteiger partial charge in [-0.3, -0.25) is 4.79 Å². The van der Waals surface area contributed by atoms with Crippen molar-refractivity contribution in [2.45, 2.75) is 20.0 Å². The second kappa shape index (κ2) is 7.00. The highest BCUT2D eigenvalue weighted by Crippen LogP contribution is 2.32. The van der Waals surface area contributed by atoms with Crippen molar-refractivity contribution in [3.63, 3.8) is 0 Å². The Morgan fingerprint density at radius 1 is 1.33 bits per heavy atom. The Morgan fingerprint density at radius 3 is 2.92 bits per heavy atom. The Hall–Kier alpha value is -2.41. The number of fused-ring (bicyclic) bond motifs is 1. The number of halogens is 1. The van der Waals surface area contributed by atoms with E-state index in [2.05, 4.69) is 5.16 Å². The maximum Gasteiger partial charge on any atom is 0.253 e. The minimum Gasteiger partial charge on any atom is -0.373 e. The quantitative estimate of drug-likeness (QED) is 0.860. The normalized spacial score (nSPS) is 14.5. The van der Waals surface area contributed by atoms with Crippen LogP contribution in [0.4, 0.5) is 15.8 Å². The zero-order valence-electron chi connectivity index (χ0n) is 13.8. The van der Waals surface area contributed by atoms with Gasteiger partial charge in [-0.25, -0.2) is 4.39 Å². The number of anilines is 2. The van der Waals surface area contributed by atoms with Gasteiger partial charge >= 0.3 is 0 Å². The zero-order chi connectivity index (χ0) is 17.1. The van der Waals surface area contributed by atoms with Gasteiger partial charge in [0.1, 0.15) is 19.0 Å². The molecular formula is C17H20FN3O3. The lowest BCUT2D eigenvalue weighted by Gasteiger charge is -2.24. The Morgan fingerprint density at radius 2 is 2.17 bits per heavy atom. The summed E-state index contributed by atoms with van der Waals surface area (Å²) in [6.45, 7) is 3.23. The highest BCUT2D eigenvalue weighted by Gasteiger charge is 2.24. The monoisotopic (exact) mass is 333 g/mol. The number of aryl methyl sites for hydroxylation is 1. The summed E-state index contributed by atoms with van der Waals surface area (Å²) >= 11 is 0. The van der Waals surface area contributed by atoms with E-state index in [1.807, 2.05) is 18.9 Å². The molecule has 0 spiro atoms. The average Bonchev–Trinajstić information content (AvgIpc) is 2.88. The molecule has 1 aromatic carbocycles. The predicted octanol–water partition coefficient (Wildman–Crippen LogP) is 2.51. The Labute approximate surface area is 139 Å². The fourth-order valence-corrected chi connectivity index (χ4v) is 2.80. The minimum absolute atomic E-state index is 0.0978. The summed E-state index contributed by atoms with van der Waals surface area (Å²) < 4.78 is 24.1. The number of hydrogen-bond acceptors (Lipinski definition) is 5. The van der Waals surface area contributed by atoms with Crippen LogP contribution in [0, 0.1) is 12.7 Å². The molecule has 0 saturated heterocycles. The van der Waals surface area contributed by atoms with Crippen molar-refractivity contribution < 1.29 is 18.4 Å². The largest absolute Gasteiger partial charge is 0.373 e. The van der Waals surface area contributed by atoms with Gasteiger partial charge in [-0.2, -0.15) is 0 Å². The van der Waals surface area contributed by atoms with Crippen molar-refractivity contribution in [1.29, 1.82) is 0 Å². The van der Waals surface area contributed by atoms with Crippen molar-refractivity contribution in [2.24, 2.45) is 0 Å². The van der Waals surface area contributed by atoms with Gasteiger partial charge in [0.2, 0.25) is 0 Å². The van der Waals surface area contributed by atoms with Crippen LogP contribution in [0.1, 0.15) is 17.9 Å². The average molecular weight is 333 g/mol. The van der Waals surface area contributed by atoms with E-state index in [0.29, 0.717) is 18.0 Å². The standard InChI is InChI=1S/C17H20FN3O3/c1-12-8-14(24-19-12)10-23-11-17(22)21-7-3-6-20(2)15-5-4-13(18)9-16(15)21/h4-5,8-9H,3,6-7,10-11H2,1-2H3. The molecule has 24 heavy (non-hydrogen) atoms. The van der Waals surface area contributed by atoms with E-state index in [4.69, 9.17) is 9.26 Å². The smallest absolute Gasteiger partial charge is 0.253 e. The van der Waals surface area contributed by atoms with Crippen molar-refractivity contribution in [1.82, 2.24) is 5.16 Å². The topological polar surface area (TPSA) is 58.8 Å². The molecule has 6 nitrogen and oxygen atoms in total. The molecule has 0 aliphatic carbocycles. The molecule has 0 saturated carbocycles. The Kier molecular flexibility index (Phi) is 4.80. The number of nitrogens with zero attached hydrogens (tertiary/aromatic N) is 3. The van der Waals surface area contributed by atoms with Gasteiger partial charge in [0, 0.05) is 26.2 Å². The third kappa shape index (κ3) is 3.56. The number of benzene rings is 1. The van der Waals surface area contributed by atoms with Crippen LogP contribution in [0.15, 0.2) is 28.8 Å². The van der Waals surface area contributed by atoms with Crippen LogP contribution in [0.5, 0.6) is 0 Å². The first-order valence-corrected chi connectivity index (χ1v) is 7.85. The number of rotatable bonds is 4. The fourth-order valence-electron chi connectivity index (χ4n) is 2.80. The summed E-state index contributed by atoms with van der Waals surface area (Å²) in [4.78, 5) is 16.2. The van der Waals surface area contributed by atoms with Crippen molar-refractivity contribution in [3.8, 4) is 0 Å². The van der Waals surface area contributed by atoms with Crippen LogP contribution in [-0.4, -0.2) is 37.8 Å². The molecule has 0 atom stereocenters. The highest BCUT2D eigenvalue weighted by molar-refractivity contribution is 5.97. The summed E-state index contributed by atoms with van der Waals surface area (Å²) in [5, 5.41) is 3.77. The summed E-state index contributed by atoms with van der Waals surface area (Å²) in [6, 6.07) is 6.27. The first-order valence-electron chi connectivity index (χ1n) is 7.85. The van der Waals surface area contributed by atoms with Crippen molar-refractivity contribution in [2.75, 3.05) is 36.5 Å². The zero-order valence-corrected chi connectivity index (χ0v) is 13.8. The molecule has 0 unspecified atom stereocenters. The van der Waals surface area contributed by atoms with E-state index in [9.17, 15) is 9.18 Å². The number of ether oxygens (including phenoxy) is 1. The maximum absolute atomic E-state index is 13.7. The van der Waals surface area contributed by atoms with Gasteiger partial charge in [0.05, 0.1) is 17.1 Å². The van der Waals surface area contributed by atoms with Crippen molar-refractivity contribution >= 4 is 17.3 Å². The molecule has 2 aromatic rings. The van der Waals surface area contributed by atoms with E-state index in [1.54, 1.807) is 17.0 Å². The highest BCUT2D eigenvalue weighted by atomic mass is 19.1. The van der Waals surface area contributed by atoms with Gasteiger partial charge in [-0.05, 0) is 31.5 Å². The molecule has 128 valence electrons. The number of aromatic nitrogens is 1. The maximum atomic E-state index is 13.7. The van der Waals surface area contributed by atoms with Crippen LogP contribution in [-0.2, 0) is 16.1 Å². The summed E-state index contributed by atoms with van der Waals surface area (Å²) in [5.41, 5.74) is 2.19. The third-order valence-corrected chi connectivity index (χ3v) is 3.96. The van der Waals surface area contributed by atoms with Crippen molar-refractivity contribution in [3.05, 3.63) is 41.5 Å². The number of carbonyl (C=O) groups excluding carboxylic acids is 1. The molecule has 1 aromatic heterocycles. The third-order valence-electron chi connectivity index (χ3n) is 3.96. The van der Waals surface area contributed by atoms with E-state index in [1.165, 1.54) is 12.1 Å². The lowest BCUT2D eigenvalue weighted by atomic mass is 10.2. The molecule has 0 fully saturated rings. The van der Waals surface area contributed by atoms with Crippen LogP contribution in [0.25, 0.3) is 0 Å². The Balaban J connectivity index is 1.69. The van der Waals surface area contributed by atoms with E-state index in [-0.39, 0.29) is 24.9 Å². The molecule has 3 rings (SSSR count). The fraction of sp³-hybridized carbons (Fsp3) is 0.412. The van der Waals surface area contributed by atoms with Gasteiger partial charge < -0.3 is 19.1 Å². The molecule has 1 aliphatic heterocycles. The molecule has 2 heterocycles. The molecule has 0 bridgehead atoms. The number of amides is 1. The van der Waals surface area contributed by atoms with Crippen LogP contribution < -0.4 is 9.80 Å². The van der Waals surface area contributed by atoms with Gasteiger partial charge in [-0.1, -0.05) is 5.16 Å². The van der Waals surface area contributed by atoms with E-state index >= 15 is 0 Å². The van der Waals surface area contributed by atoms with Crippen LogP contribution >= 0.6 is 0 Å². The minimum atomic E-state index is -0.361. The second-order valence-corrected chi connectivity index (χ2v) is 5.88. The van der Waals surface area contributed by atoms with E-state index < -0.39 is 0 Å². The van der Waals surface area contributed by atoms with Gasteiger partial charge in [-0.15, -0.1) is 0 Å². The first-order chi connectivity index (χ1) is 11.5. The molecule has 1 aliphatic rings.